The van der Waals surface area contributed by atoms with Crippen LogP contribution in [0.2, 0.25) is 0 Å². The molecule has 0 fully saturated rings. The zero-order valence-electron chi connectivity index (χ0n) is 11.8. The van der Waals surface area contributed by atoms with Crippen LogP contribution in [0, 0.1) is 23.1 Å². The lowest BCUT2D eigenvalue weighted by molar-refractivity contribution is -0.125. The molecule has 21 heavy (non-hydrogen) atoms. The Hall–Kier alpha value is -2.46. The van der Waals surface area contributed by atoms with Crippen LogP contribution in [-0.2, 0) is 9.59 Å². The van der Waals surface area contributed by atoms with E-state index in [9.17, 15) is 14.0 Å². The van der Waals surface area contributed by atoms with Crippen LogP contribution in [0.1, 0.15) is 19.4 Å². The third-order valence-corrected chi connectivity index (χ3v) is 2.82. The number of rotatable bonds is 5. The Morgan fingerprint density at radius 2 is 2.10 bits per heavy atom. The fourth-order valence-electron chi connectivity index (χ4n) is 1.50. The lowest BCUT2D eigenvalue weighted by Gasteiger charge is -2.15. The molecule has 4 N–H and O–H groups in total. The number of benzene rings is 1. The van der Waals surface area contributed by atoms with Gasteiger partial charge in [0.2, 0.25) is 11.8 Å². The van der Waals surface area contributed by atoms with Crippen molar-refractivity contribution in [1.29, 1.82) is 5.26 Å². The first-order chi connectivity index (χ1) is 9.85. The Bertz CT molecular complexity index is 581. The first-order valence-corrected chi connectivity index (χ1v) is 6.38. The second-order valence-corrected chi connectivity index (χ2v) is 4.84. The van der Waals surface area contributed by atoms with Crippen molar-refractivity contribution in [2.75, 3.05) is 11.9 Å². The topological polar surface area (TPSA) is 108 Å². The monoisotopic (exact) mass is 292 g/mol. The number of carbonyl (C=O) groups is 2. The van der Waals surface area contributed by atoms with E-state index in [-0.39, 0.29) is 23.7 Å². The van der Waals surface area contributed by atoms with E-state index in [0.717, 1.165) is 12.1 Å². The highest BCUT2D eigenvalue weighted by atomic mass is 19.1. The first-order valence-electron chi connectivity index (χ1n) is 6.38. The molecular weight excluding hydrogens is 275 g/mol. The van der Waals surface area contributed by atoms with E-state index in [1.807, 2.05) is 0 Å². The predicted molar refractivity (Wildman–Crippen MR) is 75.6 cm³/mol. The molecule has 112 valence electrons. The van der Waals surface area contributed by atoms with E-state index in [4.69, 9.17) is 11.0 Å². The number of carbonyl (C=O) groups excluding carboxylic acids is 2. The highest BCUT2D eigenvalue weighted by molar-refractivity contribution is 5.96. The fourth-order valence-corrected chi connectivity index (χ4v) is 1.50. The molecule has 2 amide bonds. The Kier molecular flexibility index (Phi) is 5.81. The summed E-state index contributed by atoms with van der Waals surface area (Å²) < 4.78 is 13.0. The lowest BCUT2D eigenvalue weighted by Crippen LogP contribution is -2.46. The molecule has 0 aromatic heterocycles. The summed E-state index contributed by atoms with van der Waals surface area (Å²) in [7, 11) is 0. The summed E-state index contributed by atoms with van der Waals surface area (Å²) in [6, 6.07) is 4.51. The van der Waals surface area contributed by atoms with Gasteiger partial charge in [-0.1, -0.05) is 13.8 Å². The van der Waals surface area contributed by atoms with Crippen molar-refractivity contribution in [3.05, 3.63) is 29.6 Å². The van der Waals surface area contributed by atoms with Gasteiger partial charge in [0.1, 0.15) is 11.9 Å². The van der Waals surface area contributed by atoms with Crippen molar-refractivity contribution >= 4 is 17.5 Å². The van der Waals surface area contributed by atoms with Crippen molar-refractivity contribution in [2.45, 2.75) is 19.9 Å². The second kappa shape index (κ2) is 7.36. The summed E-state index contributed by atoms with van der Waals surface area (Å²) in [5.41, 5.74) is 5.83. The third-order valence-electron chi connectivity index (χ3n) is 2.82. The van der Waals surface area contributed by atoms with Gasteiger partial charge in [0.05, 0.1) is 23.8 Å². The molecule has 0 unspecified atom stereocenters. The van der Waals surface area contributed by atoms with Crippen LogP contribution in [0.3, 0.4) is 0 Å². The zero-order valence-corrected chi connectivity index (χ0v) is 11.8. The summed E-state index contributed by atoms with van der Waals surface area (Å²) in [4.78, 5) is 23.3. The van der Waals surface area contributed by atoms with Crippen molar-refractivity contribution in [3.8, 4) is 6.07 Å². The number of nitrogens with two attached hydrogens (primary N) is 1. The molecule has 0 saturated heterocycles. The maximum absolute atomic E-state index is 13.0. The van der Waals surface area contributed by atoms with Crippen molar-refractivity contribution in [2.24, 2.45) is 11.7 Å². The van der Waals surface area contributed by atoms with Gasteiger partial charge in [-0.25, -0.2) is 4.39 Å². The number of nitrogens with one attached hydrogen (secondary N) is 2. The van der Waals surface area contributed by atoms with Crippen LogP contribution < -0.4 is 16.4 Å². The predicted octanol–water partition coefficient (Wildman–Crippen LogP) is 0.735. The third kappa shape index (κ3) is 4.85. The van der Waals surface area contributed by atoms with Gasteiger partial charge in [0, 0.05) is 0 Å². The van der Waals surface area contributed by atoms with E-state index in [0.29, 0.717) is 0 Å². The van der Waals surface area contributed by atoms with Crippen LogP contribution >= 0.6 is 0 Å². The minimum absolute atomic E-state index is 0.00792. The molecule has 0 heterocycles. The number of nitriles is 1. The van der Waals surface area contributed by atoms with E-state index < -0.39 is 23.7 Å². The molecule has 0 radical (unpaired) electrons. The molecule has 1 rings (SSSR count). The standard InChI is InChI=1S/C14H17FN4O2/c1-8(2)13(17)14(21)18-7-12(20)19-11-4-3-10(15)5-9(11)6-16/h3-5,8,13H,7,17H2,1-2H3,(H,18,21)(H,19,20)/t13-/m0/s1. The lowest BCUT2D eigenvalue weighted by atomic mass is 10.1. The van der Waals surface area contributed by atoms with Gasteiger partial charge in [0.15, 0.2) is 0 Å². The molecular formula is C14H17FN4O2. The van der Waals surface area contributed by atoms with E-state index >= 15 is 0 Å². The van der Waals surface area contributed by atoms with Gasteiger partial charge in [-0.05, 0) is 24.1 Å². The van der Waals surface area contributed by atoms with Gasteiger partial charge in [-0.2, -0.15) is 5.26 Å². The molecule has 0 aliphatic rings. The summed E-state index contributed by atoms with van der Waals surface area (Å²) in [6.45, 7) is 3.31. The SMILES string of the molecule is CC(C)[C@H](N)C(=O)NCC(=O)Nc1ccc(F)cc1C#N. The smallest absolute Gasteiger partial charge is 0.243 e. The largest absolute Gasteiger partial charge is 0.346 e. The van der Waals surface area contributed by atoms with E-state index in [1.165, 1.54) is 6.07 Å². The molecule has 1 aromatic rings. The number of halogens is 1. The molecule has 0 saturated carbocycles. The zero-order chi connectivity index (χ0) is 16.0. The molecule has 7 heteroatoms. The van der Waals surface area contributed by atoms with Crippen molar-refractivity contribution < 1.29 is 14.0 Å². The molecule has 6 nitrogen and oxygen atoms in total. The summed E-state index contributed by atoms with van der Waals surface area (Å²) in [5.74, 6) is -1.57. The van der Waals surface area contributed by atoms with Crippen LogP contribution in [0.15, 0.2) is 18.2 Å². The number of nitrogens with zero attached hydrogens (tertiary/aromatic N) is 1. The number of hydrogen-bond donors (Lipinski definition) is 3. The maximum atomic E-state index is 13.0. The van der Waals surface area contributed by atoms with Gasteiger partial charge in [-0.3, -0.25) is 9.59 Å². The molecule has 1 atom stereocenters. The molecule has 0 aliphatic carbocycles. The second-order valence-electron chi connectivity index (χ2n) is 4.84. The van der Waals surface area contributed by atoms with Gasteiger partial charge in [0.25, 0.3) is 0 Å². The first kappa shape index (κ1) is 16.6. The molecule has 0 aliphatic heterocycles. The number of amides is 2. The minimum Gasteiger partial charge on any atom is -0.346 e. The van der Waals surface area contributed by atoms with Gasteiger partial charge < -0.3 is 16.4 Å². The summed E-state index contributed by atoms with van der Waals surface area (Å²) in [6.07, 6.45) is 0. The van der Waals surface area contributed by atoms with E-state index in [2.05, 4.69) is 10.6 Å². The summed E-state index contributed by atoms with van der Waals surface area (Å²) in [5, 5.41) is 13.7. The summed E-state index contributed by atoms with van der Waals surface area (Å²) >= 11 is 0. The Morgan fingerprint density at radius 3 is 2.67 bits per heavy atom. The van der Waals surface area contributed by atoms with Gasteiger partial charge in [-0.15, -0.1) is 0 Å². The normalized spacial score (nSPS) is 11.6. The Labute approximate surface area is 122 Å². The Balaban J connectivity index is 2.59. The van der Waals surface area contributed by atoms with Crippen LogP contribution in [0.5, 0.6) is 0 Å². The highest BCUT2D eigenvalue weighted by Crippen LogP contribution is 2.15. The minimum atomic E-state index is -0.696. The van der Waals surface area contributed by atoms with Crippen molar-refractivity contribution in [1.82, 2.24) is 5.32 Å². The number of hydrogen-bond acceptors (Lipinski definition) is 4. The average molecular weight is 292 g/mol. The molecule has 1 aromatic carbocycles. The van der Waals surface area contributed by atoms with Gasteiger partial charge >= 0.3 is 0 Å². The quantitative estimate of drug-likeness (QED) is 0.743. The molecule has 0 bridgehead atoms. The molecule has 0 spiro atoms. The average Bonchev–Trinajstić information content (AvgIpc) is 2.45. The maximum Gasteiger partial charge on any atom is 0.243 e. The van der Waals surface area contributed by atoms with Crippen LogP contribution in [0.25, 0.3) is 0 Å². The highest BCUT2D eigenvalue weighted by Gasteiger charge is 2.17. The van der Waals surface area contributed by atoms with Crippen LogP contribution in [-0.4, -0.2) is 24.4 Å². The number of anilines is 1. The van der Waals surface area contributed by atoms with Crippen molar-refractivity contribution in [3.63, 3.8) is 0 Å². The van der Waals surface area contributed by atoms with E-state index in [1.54, 1.807) is 19.9 Å². The fraction of sp³-hybridized carbons (Fsp3) is 0.357. The van der Waals surface area contributed by atoms with Crippen LogP contribution in [0.4, 0.5) is 10.1 Å². The Morgan fingerprint density at radius 1 is 1.43 bits per heavy atom.